The van der Waals surface area contributed by atoms with Crippen molar-refractivity contribution >= 4 is 22.2 Å². The van der Waals surface area contributed by atoms with Gasteiger partial charge in [-0.2, -0.15) is 0 Å². The number of ether oxygens (including phenoxy) is 2. The van der Waals surface area contributed by atoms with Crippen LogP contribution in [0.15, 0.2) is 23.6 Å². The van der Waals surface area contributed by atoms with Crippen molar-refractivity contribution in [2.24, 2.45) is 0 Å². The largest absolute Gasteiger partial charge is 0.493 e. The summed E-state index contributed by atoms with van der Waals surface area (Å²) in [4.78, 5) is 12.3. The minimum absolute atomic E-state index is 0.148. The zero-order valence-corrected chi connectivity index (χ0v) is 13.8. The van der Waals surface area contributed by atoms with Crippen molar-refractivity contribution in [2.75, 3.05) is 26.5 Å². The lowest BCUT2D eigenvalue weighted by molar-refractivity contribution is 0.0955. The lowest BCUT2D eigenvalue weighted by atomic mass is 10.0. The van der Waals surface area contributed by atoms with Crippen molar-refractivity contribution in [3.05, 3.63) is 29.1 Å². The summed E-state index contributed by atoms with van der Waals surface area (Å²) in [6.45, 7) is 2.63. The molecule has 1 aromatic carbocycles. The van der Waals surface area contributed by atoms with Gasteiger partial charge in [0.15, 0.2) is 11.5 Å². The molecule has 1 amide bonds. The van der Waals surface area contributed by atoms with Gasteiger partial charge in [-0.15, -0.1) is 11.3 Å². The first-order valence-electron chi connectivity index (χ1n) is 6.99. The van der Waals surface area contributed by atoms with Crippen LogP contribution in [0.4, 0.5) is 5.00 Å². The van der Waals surface area contributed by atoms with E-state index in [2.05, 4.69) is 5.32 Å². The molecule has 118 valence electrons. The Bertz CT molecular complexity index is 667. The smallest absolute Gasteiger partial charge is 0.254 e. The summed E-state index contributed by atoms with van der Waals surface area (Å²) in [5, 5.41) is 5.27. The van der Waals surface area contributed by atoms with Crippen LogP contribution in [0.5, 0.6) is 11.5 Å². The number of benzene rings is 1. The molecule has 0 bridgehead atoms. The van der Waals surface area contributed by atoms with Gasteiger partial charge in [-0.3, -0.25) is 4.79 Å². The molecule has 0 radical (unpaired) electrons. The molecule has 2 aromatic rings. The van der Waals surface area contributed by atoms with Crippen molar-refractivity contribution in [3.63, 3.8) is 0 Å². The number of nitrogens with two attached hydrogens (primary N) is 1. The second kappa shape index (κ2) is 7.17. The van der Waals surface area contributed by atoms with E-state index in [0.717, 1.165) is 17.5 Å². The standard InChI is InChI=1S/C16H20N2O3S/c1-4-7-18-16(19)14-11(9-22-15(14)17)10-5-6-12(20-2)13(8-10)21-3/h5-6,8-9H,4,7,17H2,1-3H3,(H,18,19). The SMILES string of the molecule is CCCNC(=O)c1c(-c2ccc(OC)c(OC)c2)csc1N. The van der Waals surface area contributed by atoms with E-state index in [0.29, 0.717) is 28.6 Å². The van der Waals surface area contributed by atoms with Crippen LogP contribution < -0.4 is 20.5 Å². The van der Waals surface area contributed by atoms with Gasteiger partial charge in [0.2, 0.25) is 0 Å². The number of amides is 1. The maximum Gasteiger partial charge on any atom is 0.254 e. The highest BCUT2D eigenvalue weighted by molar-refractivity contribution is 7.15. The molecule has 0 unspecified atom stereocenters. The Morgan fingerprint density at radius 2 is 2.00 bits per heavy atom. The number of anilines is 1. The highest BCUT2D eigenvalue weighted by atomic mass is 32.1. The minimum atomic E-state index is -0.148. The van der Waals surface area contributed by atoms with Crippen LogP contribution >= 0.6 is 11.3 Å². The van der Waals surface area contributed by atoms with Crippen LogP contribution in [0, 0.1) is 0 Å². The van der Waals surface area contributed by atoms with Gasteiger partial charge in [0, 0.05) is 17.5 Å². The molecule has 1 heterocycles. The number of rotatable bonds is 6. The first kappa shape index (κ1) is 16.2. The van der Waals surface area contributed by atoms with Gasteiger partial charge in [-0.1, -0.05) is 13.0 Å². The van der Waals surface area contributed by atoms with Crippen molar-refractivity contribution in [1.29, 1.82) is 0 Å². The van der Waals surface area contributed by atoms with Crippen molar-refractivity contribution < 1.29 is 14.3 Å². The van der Waals surface area contributed by atoms with E-state index in [-0.39, 0.29) is 5.91 Å². The molecule has 0 aliphatic rings. The van der Waals surface area contributed by atoms with Gasteiger partial charge >= 0.3 is 0 Å². The van der Waals surface area contributed by atoms with Crippen molar-refractivity contribution in [1.82, 2.24) is 5.32 Å². The summed E-state index contributed by atoms with van der Waals surface area (Å²) in [6, 6.07) is 5.55. The Hall–Kier alpha value is -2.21. The lowest BCUT2D eigenvalue weighted by Gasteiger charge is -2.11. The lowest BCUT2D eigenvalue weighted by Crippen LogP contribution is -2.24. The molecule has 0 saturated carbocycles. The molecule has 0 aliphatic carbocycles. The fourth-order valence-corrected chi connectivity index (χ4v) is 2.97. The maximum absolute atomic E-state index is 12.3. The summed E-state index contributed by atoms with van der Waals surface area (Å²) >= 11 is 1.36. The highest BCUT2D eigenvalue weighted by Gasteiger charge is 2.19. The molecule has 0 spiro atoms. The van der Waals surface area contributed by atoms with Gasteiger partial charge in [-0.05, 0) is 24.1 Å². The second-order valence-electron chi connectivity index (χ2n) is 4.71. The monoisotopic (exact) mass is 320 g/mol. The number of methoxy groups -OCH3 is 2. The van der Waals surface area contributed by atoms with Crippen molar-refractivity contribution in [2.45, 2.75) is 13.3 Å². The average Bonchev–Trinajstić information content (AvgIpc) is 2.93. The Morgan fingerprint density at radius 3 is 2.64 bits per heavy atom. The molecule has 0 saturated heterocycles. The number of carbonyl (C=O) groups is 1. The molecule has 0 fully saturated rings. The average molecular weight is 320 g/mol. The molecular weight excluding hydrogens is 300 g/mol. The number of carbonyl (C=O) groups excluding carboxylic acids is 1. The van der Waals surface area contributed by atoms with Crippen LogP contribution in [0.2, 0.25) is 0 Å². The predicted molar refractivity (Wildman–Crippen MR) is 89.9 cm³/mol. The number of nitrogens with one attached hydrogen (secondary N) is 1. The molecule has 0 atom stereocenters. The first-order valence-corrected chi connectivity index (χ1v) is 7.87. The molecule has 3 N–H and O–H groups in total. The van der Waals surface area contributed by atoms with Gasteiger partial charge in [-0.25, -0.2) is 0 Å². The van der Waals surface area contributed by atoms with Crippen LogP contribution in [-0.4, -0.2) is 26.7 Å². The van der Waals surface area contributed by atoms with Gasteiger partial charge < -0.3 is 20.5 Å². The van der Waals surface area contributed by atoms with Gasteiger partial charge in [0.25, 0.3) is 5.91 Å². The minimum Gasteiger partial charge on any atom is -0.493 e. The zero-order chi connectivity index (χ0) is 16.1. The predicted octanol–water partition coefficient (Wildman–Crippen LogP) is 3.15. The second-order valence-corrected chi connectivity index (χ2v) is 5.63. The normalized spacial score (nSPS) is 10.3. The molecule has 22 heavy (non-hydrogen) atoms. The summed E-state index contributed by atoms with van der Waals surface area (Å²) in [6.07, 6.45) is 0.876. The Morgan fingerprint density at radius 1 is 1.27 bits per heavy atom. The Labute approximate surface area is 134 Å². The molecular formula is C16H20N2O3S. The summed E-state index contributed by atoms with van der Waals surface area (Å²) in [7, 11) is 3.17. The Kier molecular flexibility index (Phi) is 5.27. The molecule has 0 aliphatic heterocycles. The van der Waals surface area contributed by atoms with E-state index >= 15 is 0 Å². The summed E-state index contributed by atoms with van der Waals surface area (Å²) in [5.74, 6) is 1.11. The number of hydrogen-bond donors (Lipinski definition) is 2. The summed E-state index contributed by atoms with van der Waals surface area (Å²) in [5.41, 5.74) is 8.17. The number of nitrogen functional groups attached to an aromatic ring is 1. The van der Waals surface area contributed by atoms with E-state index in [1.165, 1.54) is 11.3 Å². The van der Waals surface area contributed by atoms with Crippen LogP contribution in [-0.2, 0) is 0 Å². The van der Waals surface area contributed by atoms with E-state index in [1.807, 2.05) is 30.5 Å². The van der Waals surface area contributed by atoms with E-state index in [1.54, 1.807) is 14.2 Å². The number of hydrogen-bond acceptors (Lipinski definition) is 5. The van der Waals surface area contributed by atoms with Gasteiger partial charge in [0.1, 0.15) is 0 Å². The quantitative estimate of drug-likeness (QED) is 0.857. The third kappa shape index (κ3) is 3.17. The number of thiophene rings is 1. The maximum atomic E-state index is 12.3. The zero-order valence-electron chi connectivity index (χ0n) is 12.9. The third-order valence-corrected chi connectivity index (χ3v) is 4.09. The van der Waals surface area contributed by atoms with E-state index < -0.39 is 0 Å². The van der Waals surface area contributed by atoms with Gasteiger partial charge in [0.05, 0.1) is 24.8 Å². The Balaban J connectivity index is 2.43. The van der Waals surface area contributed by atoms with Crippen LogP contribution in [0.1, 0.15) is 23.7 Å². The molecule has 1 aromatic heterocycles. The fourth-order valence-electron chi connectivity index (χ4n) is 2.15. The van der Waals surface area contributed by atoms with Crippen molar-refractivity contribution in [3.8, 4) is 22.6 Å². The van der Waals surface area contributed by atoms with Crippen LogP contribution in [0.3, 0.4) is 0 Å². The molecule has 2 rings (SSSR count). The third-order valence-electron chi connectivity index (χ3n) is 3.28. The van der Waals surface area contributed by atoms with E-state index in [4.69, 9.17) is 15.2 Å². The molecule has 6 heteroatoms. The summed E-state index contributed by atoms with van der Waals surface area (Å²) < 4.78 is 10.6. The van der Waals surface area contributed by atoms with Crippen LogP contribution in [0.25, 0.3) is 11.1 Å². The topological polar surface area (TPSA) is 73.6 Å². The fraction of sp³-hybridized carbons (Fsp3) is 0.312. The molecule has 5 nitrogen and oxygen atoms in total. The van der Waals surface area contributed by atoms with E-state index in [9.17, 15) is 4.79 Å². The highest BCUT2D eigenvalue weighted by Crippen LogP contribution is 2.37. The first-order chi connectivity index (χ1) is 10.6.